The number of fused-ring (bicyclic) bond motifs is 2. The molecule has 0 N–H and O–H groups in total. The second-order valence-corrected chi connectivity index (χ2v) is 11.5. The third kappa shape index (κ3) is 5.27. The van der Waals surface area contributed by atoms with Crippen molar-refractivity contribution in [1.29, 1.82) is 0 Å². The quantitative estimate of drug-likeness (QED) is 0.183. The number of benzene rings is 8. The Hall–Kier alpha value is -6.12. The average Bonchev–Trinajstić information content (AvgIpc) is 3.13. The number of rotatable bonds is 7. The van der Waals surface area contributed by atoms with Crippen molar-refractivity contribution in [2.24, 2.45) is 0 Å². The van der Waals surface area contributed by atoms with Gasteiger partial charge in [0.2, 0.25) is 0 Å². The van der Waals surface area contributed by atoms with Crippen molar-refractivity contribution in [2.45, 2.75) is 0 Å². The van der Waals surface area contributed by atoms with Gasteiger partial charge < -0.3 is 9.80 Å². The molecule has 0 unspecified atom stereocenters. The van der Waals surface area contributed by atoms with Gasteiger partial charge in [-0.25, -0.2) is 0 Å². The highest BCUT2D eigenvalue weighted by Gasteiger charge is 2.23. The standard InChI is InChI=1S/C44H32N2/c1-4-14-33(15-5-1)35-24-27-41(28-25-35)45(39-20-6-2-7-21-39)43-31-37-18-12-13-19-38(37)32-44(43)46(40-22-8-3-9-23-40)42-29-26-34-16-10-11-17-36(34)30-42/h1-32H. The molecule has 0 radical (unpaired) electrons. The molecule has 46 heavy (non-hydrogen) atoms. The summed E-state index contributed by atoms with van der Waals surface area (Å²) in [5, 5.41) is 4.81. The molecule has 0 aliphatic rings. The van der Waals surface area contributed by atoms with E-state index in [1.54, 1.807) is 0 Å². The number of hydrogen-bond acceptors (Lipinski definition) is 2. The fourth-order valence-electron chi connectivity index (χ4n) is 6.33. The zero-order chi connectivity index (χ0) is 30.7. The van der Waals surface area contributed by atoms with Crippen LogP contribution in [0.25, 0.3) is 32.7 Å². The van der Waals surface area contributed by atoms with E-state index in [1.807, 2.05) is 0 Å². The van der Waals surface area contributed by atoms with Crippen molar-refractivity contribution in [1.82, 2.24) is 0 Å². The van der Waals surface area contributed by atoms with Crippen LogP contribution in [0.1, 0.15) is 0 Å². The molecule has 0 saturated heterocycles. The zero-order valence-electron chi connectivity index (χ0n) is 25.4. The molecule has 218 valence electrons. The summed E-state index contributed by atoms with van der Waals surface area (Å²) in [6, 6.07) is 69.4. The second-order valence-electron chi connectivity index (χ2n) is 11.5. The monoisotopic (exact) mass is 588 g/mol. The van der Waals surface area contributed by atoms with Crippen molar-refractivity contribution in [3.8, 4) is 11.1 Å². The molecule has 2 heteroatoms. The van der Waals surface area contributed by atoms with Gasteiger partial charge in [-0.3, -0.25) is 0 Å². The highest BCUT2D eigenvalue weighted by atomic mass is 15.2. The number of para-hydroxylation sites is 2. The Kier molecular flexibility index (Phi) is 7.22. The molecular weight excluding hydrogens is 556 g/mol. The first-order valence-electron chi connectivity index (χ1n) is 15.7. The summed E-state index contributed by atoms with van der Waals surface area (Å²) in [6.07, 6.45) is 0. The van der Waals surface area contributed by atoms with E-state index < -0.39 is 0 Å². The van der Waals surface area contributed by atoms with Crippen LogP contribution in [0.15, 0.2) is 194 Å². The second kappa shape index (κ2) is 12.1. The fourth-order valence-corrected chi connectivity index (χ4v) is 6.33. The first-order valence-corrected chi connectivity index (χ1v) is 15.7. The van der Waals surface area contributed by atoms with E-state index in [1.165, 1.54) is 32.7 Å². The Balaban J connectivity index is 1.39. The van der Waals surface area contributed by atoms with Crippen LogP contribution < -0.4 is 9.80 Å². The molecule has 0 aromatic heterocycles. The van der Waals surface area contributed by atoms with Gasteiger partial charge >= 0.3 is 0 Å². The molecular formula is C44H32N2. The van der Waals surface area contributed by atoms with E-state index in [-0.39, 0.29) is 0 Å². The summed E-state index contributed by atoms with van der Waals surface area (Å²) in [4.78, 5) is 4.77. The van der Waals surface area contributed by atoms with E-state index in [9.17, 15) is 0 Å². The van der Waals surface area contributed by atoms with Gasteiger partial charge in [-0.2, -0.15) is 0 Å². The lowest BCUT2D eigenvalue weighted by Crippen LogP contribution is -2.17. The molecule has 0 spiro atoms. The van der Waals surface area contributed by atoms with Crippen molar-refractivity contribution >= 4 is 55.7 Å². The molecule has 0 fully saturated rings. The third-order valence-electron chi connectivity index (χ3n) is 8.58. The van der Waals surface area contributed by atoms with Gasteiger partial charge in [0.25, 0.3) is 0 Å². The maximum atomic E-state index is 2.39. The Morgan fingerprint density at radius 3 is 1.15 bits per heavy atom. The first-order chi connectivity index (χ1) is 22.8. The van der Waals surface area contributed by atoms with Gasteiger partial charge in [0.05, 0.1) is 11.4 Å². The van der Waals surface area contributed by atoms with E-state index in [0.717, 1.165) is 34.1 Å². The number of hydrogen-bond donors (Lipinski definition) is 0. The minimum Gasteiger partial charge on any atom is -0.308 e. The Morgan fingerprint density at radius 2 is 0.609 bits per heavy atom. The SMILES string of the molecule is c1ccc(-c2ccc(N(c3ccccc3)c3cc4ccccc4cc3N(c3ccccc3)c3ccc4ccccc4c3)cc2)cc1. The molecule has 0 aliphatic heterocycles. The normalized spacial score (nSPS) is 11.0. The predicted molar refractivity (Wildman–Crippen MR) is 196 cm³/mol. The smallest absolute Gasteiger partial charge is 0.0708 e. The summed E-state index contributed by atoms with van der Waals surface area (Å²) >= 11 is 0. The first kappa shape index (κ1) is 27.4. The molecule has 0 atom stereocenters. The van der Waals surface area contributed by atoms with E-state index in [0.29, 0.717) is 0 Å². The predicted octanol–water partition coefficient (Wildman–Crippen LogP) is 12.6. The lowest BCUT2D eigenvalue weighted by Gasteiger charge is -2.33. The van der Waals surface area contributed by atoms with Crippen LogP contribution in [0, 0.1) is 0 Å². The van der Waals surface area contributed by atoms with Crippen molar-refractivity contribution in [3.05, 3.63) is 194 Å². The minimum absolute atomic E-state index is 1.09. The molecule has 0 bridgehead atoms. The van der Waals surface area contributed by atoms with Crippen LogP contribution in [-0.2, 0) is 0 Å². The van der Waals surface area contributed by atoms with Crippen LogP contribution in [0.5, 0.6) is 0 Å². The summed E-state index contributed by atoms with van der Waals surface area (Å²) in [5.41, 5.74) is 8.98. The summed E-state index contributed by atoms with van der Waals surface area (Å²) in [6.45, 7) is 0. The third-order valence-corrected chi connectivity index (χ3v) is 8.58. The maximum Gasteiger partial charge on any atom is 0.0708 e. The van der Waals surface area contributed by atoms with Gasteiger partial charge in [-0.05, 0) is 93.3 Å². The van der Waals surface area contributed by atoms with Gasteiger partial charge in [-0.1, -0.05) is 133 Å². The number of nitrogens with zero attached hydrogens (tertiary/aromatic N) is 2. The van der Waals surface area contributed by atoms with Crippen LogP contribution in [0.3, 0.4) is 0 Å². The largest absolute Gasteiger partial charge is 0.308 e. The van der Waals surface area contributed by atoms with Crippen LogP contribution >= 0.6 is 0 Å². The summed E-state index contributed by atoms with van der Waals surface area (Å²) in [5.74, 6) is 0. The highest BCUT2D eigenvalue weighted by Crippen LogP contribution is 2.47. The molecule has 8 aromatic rings. The van der Waals surface area contributed by atoms with Gasteiger partial charge in [-0.15, -0.1) is 0 Å². The van der Waals surface area contributed by atoms with Crippen molar-refractivity contribution in [3.63, 3.8) is 0 Å². The highest BCUT2D eigenvalue weighted by molar-refractivity contribution is 6.01. The minimum atomic E-state index is 1.09. The Labute approximate surface area is 270 Å². The lowest BCUT2D eigenvalue weighted by atomic mass is 10.0. The van der Waals surface area contributed by atoms with E-state index in [4.69, 9.17) is 0 Å². The molecule has 8 aromatic carbocycles. The fraction of sp³-hybridized carbons (Fsp3) is 0. The van der Waals surface area contributed by atoms with Crippen LogP contribution in [0.2, 0.25) is 0 Å². The van der Waals surface area contributed by atoms with Gasteiger partial charge in [0.1, 0.15) is 0 Å². The number of anilines is 6. The molecule has 0 saturated carbocycles. The van der Waals surface area contributed by atoms with Crippen LogP contribution in [-0.4, -0.2) is 0 Å². The lowest BCUT2D eigenvalue weighted by molar-refractivity contribution is 1.23. The molecule has 0 heterocycles. The Bertz CT molecular complexity index is 2240. The van der Waals surface area contributed by atoms with Gasteiger partial charge in [0.15, 0.2) is 0 Å². The summed E-state index contributed by atoms with van der Waals surface area (Å²) < 4.78 is 0. The van der Waals surface area contributed by atoms with Crippen molar-refractivity contribution in [2.75, 3.05) is 9.80 Å². The van der Waals surface area contributed by atoms with E-state index in [2.05, 4.69) is 204 Å². The van der Waals surface area contributed by atoms with Crippen molar-refractivity contribution < 1.29 is 0 Å². The molecule has 0 aliphatic carbocycles. The van der Waals surface area contributed by atoms with Crippen LogP contribution in [0.4, 0.5) is 34.1 Å². The molecule has 8 rings (SSSR count). The van der Waals surface area contributed by atoms with Gasteiger partial charge in [0, 0.05) is 22.7 Å². The maximum absolute atomic E-state index is 2.39. The molecule has 0 amide bonds. The average molecular weight is 589 g/mol. The van der Waals surface area contributed by atoms with E-state index >= 15 is 0 Å². The zero-order valence-corrected chi connectivity index (χ0v) is 25.4. The Morgan fingerprint density at radius 1 is 0.239 bits per heavy atom. The molecule has 2 nitrogen and oxygen atoms in total. The topological polar surface area (TPSA) is 6.48 Å². The summed E-state index contributed by atoms with van der Waals surface area (Å²) in [7, 11) is 0.